The van der Waals surface area contributed by atoms with Crippen molar-refractivity contribution in [1.29, 1.82) is 0 Å². The third-order valence-electron chi connectivity index (χ3n) is 3.02. The Hall–Kier alpha value is -2.82. The summed E-state index contributed by atoms with van der Waals surface area (Å²) >= 11 is 0. The quantitative estimate of drug-likeness (QED) is 0.668. The highest BCUT2D eigenvalue weighted by Crippen LogP contribution is 2.30. The normalized spacial score (nSPS) is 10.8. The molecule has 0 amide bonds. The largest absolute Gasteiger partial charge is 0.504 e. The van der Waals surface area contributed by atoms with Gasteiger partial charge in [0.2, 0.25) is 5.43 Å². The predicted octanol–water partition coefficient (Wildman–Crippen LogP) is 3.01. The van der Waals surface area contributed by atoms with Crippen molar-refractivity contribution in [3.63, 3.8) is 0 Å². The average Bonchev–Trinajstić information content (AvgIpc) is 2.43. The first kappa shape index (κ1) is 12.2. The van der Waals surface area contributed by atoms with E-state index in [9.17, 15) is 19.4 Å². The summed E-state index contributed by atoms with van der Waals surface area (Å²) in [5, 5.41) is 19.0. The minimum Gasteiger partial charge on any atom is -0.504 e. The average molecular weight is 272 g/mol. The molecule has 0 saturated carbocycles. The number of hydrogen-bond donors (Lipinski definition) is 2. The maximum Gasteiger partial charge on any atom is 0.200 e. The van der Waals surface area contributed by atoms with E-state index in [0.717, 1.165) is 6.07 Å². The summed E-state index contributed by atoms with van der Waals surface area (Å²) in [5.74, 6) is -1.17. The van der Waals surface area contributed by atoms with Crippen LogP contribution < -0.4 is 5.43 Å². The van der Waals surface area contributed by atoms with Gasteiger partial charge in [0.25, 0.3) is 0 Å². The van der Waals surface area contributed by atoms with Crippen molar-refractivity contribution in [3.8, 4) is 22.6 Å². The molecule has 100 valence electrons. The van der Waals surface area contributed by atoms with Crippen molar-refractivity contribution in [2.45, 2.75) is 0 Å². The second-order valence-electron chi connectivity index (χ2n) is 4.32. The van der Waals surface area contributed by atoms with Gasteiger partial charge in [-0.1, -0.05) is 12.1 Å². The Morgan fingerprint density at radius 2 is 1.65 bits per heavy atom. The molecule has 0 atom stereocenters. The molecule has 0 saturated heterocycles. The molecule has 0 aliphatic heterocycles. The van der Waals surface area contributed by atoms with Crippen LogP contribution in [0.4, 0.5) is 4.39 Å². The van der Waals surface area contributed by atoms with Gasteiger partial charge >= 0.3 is 0 Å². The van der Waals surface area contributed by atoms with E-state index in [1.54, 1.807) is 0 Å². The first-order chi connectivity index (χ1) is 9.56. The van der Waals surface area contributed by atoms with Gasteiger partial charge in [-0.25, -0.2) is 4.39 Å². The zero-order chi connectivity index (χ0) is 14.3. The lowest BCUT2D eigenvalue weighted by atomic mass is 10.1. The van der Waals surface area contributed by atoms with Gasteiger partial charge in [0.15, 0.2) is 11.5 Å². The number of phenols is 2. The van der Waals surface area contributed by atoms with E-state index in [0.29, 0.717) is 5.56 Å². The Morgan fingerprint density at radius 1 is 1.00 bits per heavy atom. The Bertz CT molecular complexity index is 850. The van der Waals surface area contributed by atoms with E-state index in [4.69, 9.17) is 4.42 Å². The zero-order valence-electron chi connectivity index (χ0n) is 10.1. The van der Waals surface area contributed by atoms with Crippen LogP contribution in [0, 0.1) is 5.82 Å². The smallest absolute Gasteiger partial charge is 0.200 e. The number of halogens is 1. The van der Waals surface area contributed by atoms with Crippen molar-refractivity contribution in [2.75, 3.05) is 0 Å². The van der Waals surface area contributed by atoms with Gasteiger partial charge in [0.1, 0.15) is 17.7 Å². The molecule has 0 spiro atoms. The zero-order valence-corrected chi connectivity index (χ0v) is 10.1. The predicted molar refractivity (Wildman–Crippen MR) is 71.2 cm³/mol. The molecule has 2 N–H and O–H groups in total. The van der Waals surface area contributed by atoms with E-state index < -0.39 is 11.6 Å². The first-order valence-electron chi connectivity index (χ1n) is 5.79. The van der Waals surface area contributed by atoms with Gasteiger partial charge < -0.3 is 14.6 Å². The number of phenolic OH excluding ortho intramolecular Hbond substituents is 2. The van der Waals surface area contributed by atoms with Crippen molar-refractivity contribution >= 4 is 11.0 Å². The molecule has 0 aliphatic carbocycles. The highest BCUT2D eigenvalue weighted by molar-refractivity contribution is 5.84. The third-order valence-corrected chi connectivity index (χ3v) is 3.02. The second-order valence-corrected chi connectivity index (χ2v) is 4.32. The SMILES string of the molecule is O=c1c(-c2ccc(F)cc2)coc2cc(O)c(O)cc12. The van der Waals surface area contributed by atoms with E-state index >= 15 is 0 Å². The van der Waals surface area contributed by atoms with Crippen LogP contribution in [0.3, 0.4) is 0 Å². The fraction of sp³-hybridized carbons (Fsp3) is 0. The number of rotatable bonds is 1. The number of fused-ring (bicyclic) bond motifs is 1. The fourth-order valence-electron chi connectivity index (χ4n) is 1.98. The molecule has 5 heteroatoms. The van der Waals surface area contributed by atoms with Crippen molar-refractivity contribution < 1.29 is 19.0 Å². The topological polar surface area (TPSA) is 70.7 Å². The molecule has 0 radical (unpaired) electrons. The Kier molecular flexibility index (Phi) is 2.68. The standard InChI is InChI=1S/C15H9FO4/c16-9-3-1-8(2-4-9)11-7-20-14-6-13(18)12(17)5-10(14)15(11)19/h1-7,17-18H. The molecule has 1 aromatic heterocycles. The maximum atomic E-state index is 12.9. The van der Waals surface area contributed by atoms with E-state index in [2.05, 4.69) is 0 Å². The van der Waals surface area contributed by atoms with E-state index in [1.165, 1.54) is 36.6 Å². The first-order valence-corrected chi connectivity index (χ1v) is 5.79. The molecular weight excluding hydrogens is 263 g/mol. The van der Waals surface area contributed by atoms with Gasteiger partial charge in [0, 0.05) is 6.07 Å². The molecule has 3 aromatic rings. The summed E-state index contributed by atoms with van der Waals surface area (Å²) in [4.78, 5) is 12.3. The lowest BCUT2D eigenvalue weighted by Gasteiger charge is -2.04. The van der Waals surface area contributed by atoms with Crippen LogP contribution in [0.5, 0.6) is 11.5 Å². The van der Waals surface area contributed by atoms with Gasteiger partial charge in [-0.15, -0.1) is 0 Å². The van der Waals surface area contributed by atoms with Gasteiger partial charge in [0.05, 0.1) is 10.9 Å². The summed E-state index contributed by atoms with van der Waals surface area (Å²) in [6, 6.07) is 7.73. The lowest BCUT2D eigenvalue weighted by molar-refractivity contribution is 0.403. The van der Waals surface area contributed by atoms with E-state index in [-0.39, 0.29) is 27.7 Å². The molecule has 0 aliphatic rings. The van der Waals surface area contributed by atoms with Crippen molar-refractivity contribution in [2.24, 2.45) is 0 Å². The fourth-order valence-corrected chi connectivity index (χ4v) is 1.98. The Labute approximate surface area is 112 Å². The number of benzene rings is 2. The van der Waals surface area contributed by atoms with Crippen LogP contribution in [0.2, 0.25) is 0 Å². The molecule has 3 rings (SSSR count). The molecule has 0 unspecified atom stereocenters. The minimum atomic E-state index is -0.402. The van der Waals surface area contributed by atoms with Gasteiger partial charge in [-0.3, -0.25) is 4.79 Å². The number of hydrogen-bond acceptors (Lipinski definition) is 4. The third kappa shape index (κ3) is 1.89. The van der Waals surface area contributed by atoms with Gasteiger partial charge in [-0.2, -0.15) is 0 Å². The molecule has 2 aromatic carbocycles. The van der Waals surface area contributed by atoms with Crippen LogP contribution >= 0.6 is 0 Å². The van der Waals surface area contributed by atoms with Gasteiger partial charge in [-0.05, 0) is 23.8 Å². The van der Waals surface area contributed by atoms with Crippen molar-refractivity contribution in [3.05, 3.63) is 58.7 Å². The van der Waals surface area contributed by atoms with Crippen LogP contribution in [-0.2, 0) is 0 Å². The number of aromatic hydroxyl groups is 2. The second kappa shape index (κ2) is 4.38. The summed E-state index contributed by atoms with van der Waals surface area (Å²) in [5.41, 5.74) is 0.557. The lowest BCUT2D eigenvalue weighted by Crippen LogP contribution is -2.04. The molecule has 20 heavy (non-hydrogen) atoms. The summed E-state index contributed by atoms with van der Waals surface area (Å²) in [6.07, 6.45) is 1.24. The van der Waals surface area contributed by atoms with E-state index in [1.807, 2.05) is 0 Å². The maximum absolute atomic E-state index is 12.9. The summed E-state index contributed by atoms with van der Waals surface area (Å²) in [7, 11) is 0. The monoisotopic (exact) mass is 272 g/mol. The van der Waals surface area contributed by atoms with Crippen LogP contribution in [0.25, 0.3) is 22.1 Å². The summed E-state index contributed by atoms with van der Waals surface area (Å²) < 4.78 is 18.2. The molecular formula is C15H9FO4. The van der Waals surface area contributed by atoms with Crippen LogP contribution in [0.15, 0.2) is 51.9 Å². The molecule has 4 nitrogen and oxygen atoms in total. The van der Waals surface area contributed by atoms with Crippen LogP contribution in [0.1, 0.15) is 0 Å². The highest BCUT2D eigenvalue weighted by atomic mass is 19.1. The minimum absolute atomic E-state index is 0.141. The summed E-state index contributed by atoms with van der Waals surface area (Å²) in [6.45, 7) is 0. The van der Waals surface area contributed by atoms with Crippen LogP contribution in [-0.4, -0.2) is 10.2 Å². The molecule has 0 fully saturated rings. The Balaban J connectivity index is 2.28. The molecule has 1 heterocycles. The highest BCUT2D eigenvalue weighted by Gasteiger charge is 2.12. The molecule has 0 bridgehead atoms. The Morgan fingerprint density at radius 3 is 2.35 bits per heavy atom. The van der Waals surface area contributed by atoms with Crippen molar-refractivity contribution in [1.82, 2.24) is 0 Å².